The highest BCUT2D eigenvalue weighted by Crippen LogP contribution is 2.31. The van der Waals surface area contributed by atoms with E-state index in [1.165, 1.54) is 69.5 Å². The van der Waals surface area contributed by atoms with Crippen molar-refractivity contribution in [1.82, 2.24) is 0 Å². The molecule has 0 fully saturated rings. The van der Waals surface area contributed by atoms with Crippen LogP contribution in [0.1, 0.15) is 64.7 Å². The molecule has 0 spiro atoms. The van der Waals surface area contributed by atoms with Crippen LogP contribution in [-0.4, -0.2) is 7.38 Å². The fourth-order valence-electron chi connectivity index (χ4n) is 2.64. The Bertz CT molecular complexity index is 227. The molecule has 0 radical (unpaired) electrons. The molecule has 1 atom stereocenters. The van der Waals surface area contributed by atoms with E-state index in [0.717, 1.165) is 6.42 Å². The van der Waals surface area contributed by atoms with E-state index >= 15 is 0 Å². The molecule has 0 aromatic heterocycles. The van der Waals surface area contributed by atoms with Crippen molar-refractivity contribution >= 4 is 18.5 Å². The van der Waals surface area contributed by atoms with E-state index in [9.17, 15) is 0 Å². The smallest absolute Gasteiger partial charge is 0.156 e. The van der Waals surface area contributed by atoms with Crippen molar-refractivity contribution in [3.8, 4) is 0 Å². The van der Waals surface area contributed by atoms with E-state index in [2.05, 4.69) is 20.1 Å². The molecule has 0 aromatic rings. The van der Waals surface area contributed by atoms with Crippen molar-refractivity contribution in [2.75, 3.05) is 0 Å². The molecule has 2 heteroatoms. The summed E-state index contributed by atoms with van der Waals surface area (Å²) in [6, 6.07) is 3.93. The van der Waals surface area contributed by atoms with Crippen LogP contribution < -0.4 is 0 Å². The zero-order chi connectivity index (χ0) is 14.4. The van der Waals surface area contributed by atoms with Gasteiger partial charge in [0, 0.05) is 0 Å². The van der Waals surface area contributed by atoms with Crippen molar-refractivity contribution < 1.29 is 0 Å². The second-order valence-electron chi connectivity index (χ2n) is 5.68. The van der Waals surface area contributed by atoms with Gasteiger partial charge in [0.15, 0.2) is 7.38 Å². The lowest BCUT2D eigenvalue weighted by molar-refractivity contribution is 0.668. The molecule has 1 unspecified atom stereocenters. The van der Waals surface area contributed by atoms with E-state index in [0.29, 0.717) is 0 Å². The maximum absolute atomic E-state index is 6.96. The van der Waals surface area contributed by atoms with Gasteiger partial charge in [-0.1, -0.05) is 57.6 Å². The summed E-state index contributed by atoms with van der Waals surface area (Å²) in [7, 11) is -1.45. The van der Waals surface area contributed by atoms with Gasteiger partial charge in [0.05, 0.1) is 0 Å². The molecule has 0 rings (SSSR count). The lowest BCUT2D eigenvalue weighted by atomic mass is 10.1. The Morgan fingerprint density at radius 3 is 1.79 bits per heavy atom. The summed E-state index contributed by atoms with van der Waals surface area (Å²) in [5.74, 6) is 0. The lowest BCUT2D eigenvalue weighted by Gasteiger charge is -2.24. The van der Waals surface area contributed by atoms with Gasteiger partial charge in [-0.25, -0.2) is 0 Å². The van der Waals surface area contributed by atoms with Crippen LogP contribution >= 0.6 is 11.1 Å². The van der Waals surface area contributed by atoms with E-state index in [1.54, 1.807) is 0 Å². The number of halogens is 1. The Kier molecular flexibility index (Phi) is 13.0. The van der Waals surface area contributed by atoms with Gasteiger partial charge in [-0.2, -0.15) is 11.1 Å². The van der Waals surface area contributed by atoms with Crippen LogP contribution in [-0.2, 0) is 0 Å². The highest BCUT2D eigenvalue weighted by atomic mass is 35.6. The lowest BCUT2D eigenvalue weighted by Crippen LogP contribution is -2.26. The molecule has 0 aliphatic rings. The van der Waals surface area contributed by atoms with Crippen molar-refractivity contribution in [2.45, 2.75) is 82.8 Å². The van der Waals surface area contributed by atoms with E-state index in [1.807, 2.05) is 12.2 Å². The van der Waals surface area contributed by atoms with Crippen LogP contribution in [0, 0.1) is 0 Å². The summed E-state index contributed by atoms with van der Waals surface area (Å²) >= 11 is 6.96. The van der Waals surface area contributed by atoms with Crippen LogP contribution in [0.5, 0.6) is 0 Å². The molecule has 0 amide bonds. The third-order valence-corrected chi connectivity index (χ3v) is 9.36. The van der Waals surface area contributed by atoms with Crippen molar-refractivity contribution in [2.24, 2.45) is 0 Å². The van der Waals surface area contributed by atoms with Gasteiger partial charge >= 0.3 is 0 Å². The van der Waals surface area contributed by atoms with Crippen molar-refractivity contribution in [3.63, 3.8) is 0 Å². The van der Waals surface area contributed by atoms with Gasteiger partial charge < -0.3 is 0 Å². The quantitative estimate of drug-likeness (QED) is 0.139. The zero-order valence-corrected chi connectivity index (χ0v) is 14.7. The van der Waals surface area contributed by atoms with Gasteiger partial charge in [0.25, 0.3) is 0 Å². The molecule has 0 aliphatic heterocycles. The molecular formula is C17H33ClSi. The fourth-order valence-corrected chi connectivity index (χ4v) is 7.42. The number of rotatable bonds is 14. The molecule has 0 aromatic carbocycles. The Labute approximate surface area is 127 Å². The third-order valence-electron chi connectivity index (χ3n) is 3.76. The Hall–Kier alpha value is -0.0131. The van der Waals surface area contributed by atoms with Gasteiger partial charge in [-0.15, -0.1) is 13.2 Å². The van der Waals surface area contributed by atoms with Crippen LogP contribution in [0.2, 0.25) is 18.1 Å². The maximum atomic E-state index is 6.96. The minimum Gasteiger partial charge on any atom is -0.167 e. The molecule has 0 saturated heterocycles. The molecule has 112 valence electrons. The second-order valence-corrected chi connectivity index (χ2v) is 11.9. The number of unbranched alkanes of at least 4 members (excludes halogenated alkanes) is 6. The SMILES string of the molecule is C=CCCCCCC[Si](Cl)(CCC)CCCCC=C. The maximum Gasteiger partial charge on any atom is 0.156 e. The second kappa shape index (κ2) is 13.0. The highest BCUT2D eigenvalue weighted by molar-refractivity contribution is 7.20. The first-order chi connectivity index (χ1) is 9.18. The summed E-state index contributed by atoms with van der Waals surface area (Å²) in [5, 5.41) is 0. The van der Waals surface area contributed by atoms with Gasteiger partial charge in [-0.05, 0) is 37.4 Å². The van der Waals surface area contributed by atoms with E-state index in [4.69, 9.17) is 11.1 Å². The fraction of sp³-hybridized carbons (Fsp3) is 0.765. The molecule has 0 heterocycles. The summed E-state index contributed by atoms with van der Waals surface area (Å²) in [6.45, 7) is 9.83. The first-order valence-corrected chi connectivity index (χ1v) is 11.7. The Morgan fingerprint density at radius 1 is 0.789 bits per heavy atom. The Balaban J connectivity index is 3.80. The predicted molar refractivity (Wildman–Crippen MR) is 93.6 cm³/mol. The monoisotopic (exact) mass is 300 g/mol. The summed E-state index contributed by atoms with van der Waals surface area (Å²) in [5.41, 5.74) is 0. The van der Waals surface area contributed by atoms with Crippen LogP contribution in [0.15, 0.2) is 25.3 Å². The average Bonchev–Trinajstić information content (AvgIpc) is 2.39. The van der Waals surface area contributed by atoms with Crippen molar-refractivity contribution in [1.29, 1.82) is 0 Å². The number of allylic oxidation sites excluding steroid dienone is 2. The first-order valence-electron chi connectivity index (χ1n) is 8.09. The van der Waals surface area contributed by atoms with E-state index < -0.39 is 7.38 Å². The summed E-state index contributed by atoms with van der Waals surface area (Å²) < 4.78 is 0. The molecular weight excluding hydrogens is 268 g/mol. The minimum absolute atomic E-state index is 1.15. The average molecular weight is 301 g/mol. The topological polar surface area (TPSA) is 0 Å². The minimum atomic E-state index is -1.45. The normalized spacial score (nSPS) is 14.0. The predicted octanol–water partition coefficient (Wildman–Crippen LogP) is 7.07. The molecule has 0 bridgehead atoms. The Morgan fingerprint density at radius 2 is 1.26 bits per heavy atom. The highest BCUT2D eigenvalue weighted by Gasteiger charge is 2.28. The largest absolute Gasteiger partial charge is 0.167 e. The third kappa shape index (κ3) is 11.5. The van der Waals surface area contributed by atoms with E-state index in [-0.39, 0.29) is 0 Å². The summed E-state index contributed by atoms with van der Waals surface area (Å²) in [6.07, 6.45) is 15.5. The number of hydrogen-bond acceptors (Lipinski definition) is 0. The van der Waals surface area contributed by atoms with Crippen molar-refractivity contribution in [3.05, 3.63) is 25.3 Å². The first kappa shape index (κ1) is 19.0. The molecule has 19 heavy (non-hydrogen) atoms. The molecule has 0 nitrogen and oxygen atoms in total. The van der Waals surface area contributed by atoms with Gasteiger partial charge in [-0.3, -0.25) is 0 Å². The standard InChI is InChI=1S/C17H33ClSi/c1-4-7-9-11-12-14-17-19(18,15-6-3)16-13-10-8-5-2/h4-5H,1-2,6-17H2,3H3. The molecule has 0 saturated carbocycles. The van der Waals surface area contributed by atoms with Gasteiger partial charge in [0.2, 0.25) is 0 Å². The van der Waals surface area contributed by atoms with Crippen LogP contribution in [0.3, 0.4) is 0 Å². The number of hydrogen-bond donors (Lipinski definition) is 0. The summed E-state index contributed by atoms with van der Waals surface area (Å²) in [4.78, 5) is 0. The van der Waals surface area contributed by atoms with Crippen LogP contribution in [0.25, 0.3) is 0 Å². The molecule has 0 N–H and O–H groups in total. The molecule has 0 aliphatic carbocycles. The zero-order valence-electron chi connectivity index (χ0n) is 12.9. The van der Waals surface area contributed by atoms with Crippen LogP contribution in [0.4, 0.5) is 0 Å². The van der Waals surface area contributed by atoms with Gasteiger partial charge in [0.1, 0.15) is 0 Å².